The van der Waals surface area contributed by atoms with E-state index in [-0.39, 0.29) is 28.8 Å². The van der Waals surface area contributed by atoms with Gasteiger partial charge in [0.05, 0.1) is 21.2 Å². The SMILES string of the molecule is N#CO/N=C(\OCc1cc(C(F)(F)F)cc(C(F)(F)F)c1)C(CCN1CCC(CN2CCCCC2=O)C1)C1C=C(Cl)C(Cl)=CC1. The van der Waals surface area contributed by atoms with Crippen LogP contribution in [0.25, 0.3) is 0 Å². The Kier molecular flexibility index (Phi) is 11.7. The van der Waals surface area contributed by atoms with E-state index in [9.17, 15) is 31.1 Å². The summed E-state index contributed by atoms with van der Waals surface area (Å²) >= 11 is 12.4. The summed E-state index contributed by atoms with van der Waals surface area (Å²) in [4.78, 5) is 21.0. The molecule has 1 aromatic carbocycles. The molecule has 246 valence electrons. The molecule has 2 aliphatic heterocycles. The molecule has 0 bridgehead atoms. The third-order valence-electron chi connectivity index (χ3n) is 8.23. The van der Waals surface area contributed by atoms with E-state index in [1.54, 1.807) is 12.2 Å². The molecular formula is C30H32Cl2F6N4O3. The molecule has 3 aliphatic rings. The van der Waals surface area contributed by atoms with E-state index in [0.29, 0.717) is 55.4 Å². The fraction of sp³-hybridized carbons (Fsp3) is 0.567. The van der Waals surface area contributed by atoms with Gasteiger partial charge in [0, 0.05) is 32.0 Å². The highest BCUT2D eigenvalue weighted by Gasteiger charge is 2.37. The number of benzene rings is 1. The van der Waals surface area contributed by atoms with Gasteiger partial charge in [-0.2, -0.15) is 26.3 Å². The third-order valence-corrected chi connectivity index (χ3v) is 9.01. The predicted octanol–water partition coefficient (Wildman–Crippen LogP) is 7.66. The number of rotatable bonds is 10. The van der Waals surface area contributed by atoms with Gasteiger partial charge in [0.1, 0.15) is 6.61 Å². The Hall–Kier alpha value is -2.95. The lowest BCUT2D eigenvalue weighted by Gasteiger charge is -2.30. The predicted molar refractivity (Wildman–Crippen MR) is 154 cm³/mol. The van der Waals surface area contributed by atoms with E-state index in [0.717, 1.165) is 38.9 Å². The second kappa shape index (κ2) is 15.1. The second-order valence-corrected chi connectivity index (χ2v) is 12.2. The van der Waals surface area contributed by atoms with Crippen molar-refractivity contribution >= 4 is 35.0 Å². The number of allylic oxidation sites excluding steroid dienone is 4. The van der Waals surface area contributed by atoms with Crippen molar-refractivity contribution in [2.24, 2.45) is 22.9 Å². The van der Waals surface area contributed by atoms with Crippen LogP contribution in [-0.2, 0) is 33.3 Å². The standard InChI is InChI=1S/C30H32Cl2F6N4O3/c31-25-5-4-21(13-26(25)32)24(7-10-41-9-6-19(15-41)16-42-8-2-1-3-27(42)43)28(40-45-18-39)44-17-20-11-22(29(33,34)35)14-23(12-20)30(36,37)38/h5,11-14,19,21,24H,1-4,6-10,15-17H2/b40-28-. The van der Waals surface area contributed by atoms with Crippen molar-refractivity contribution in [2.75, 3.05) is 32.7 Å². The number of likely N-dealkylation sites (tertiary alicyclic amines) is 2. The third kappa shape index (κ3) is 9.77. The van der Waals surface area contributed by atoms with Crippen LogP contribution in [0.4, 0.5) is 26.3 Å². The Morgan fingerprint density at radius 2 is 1.78 bits per heavy atom. The molecular weight excluding hydrogens is 649 g/mol. The number of hydrogen-bond acceptors (Lipinski definition) is 6. The van der Waals surface area contributed by atoms with Gasteiger partial charge in [0.15, 0.2) is 0 Å². The summed E-state index contributed by atoms with van der Waals surface area (Å²) in [6.45, 7) is 2.80. The Morgan fingerprint density at radius 1 is 1.07 bits per heavy atom. The van der Waals surface area contributed by atoms with Gasteiger partial charge in [-0.25, -0.2) is 0 Å². The van der Waals surface area contributed by atoms with Gasteiger partial charge < -0.3 is 14.5 Å². The van der Waals surface area contributed by atoms with Crippen LogP contribution in [0, 0.1) is 29.3 Å². The molecule has 2 saturated heterocycles. The average molecular weight is 682 g/mol. The number of oxime groups is 1. The van der Waals surface area contributed by atoms with Crippen molar-refractivity contribution in [3.8, 4) is 6.26 Å². The average Bonchev–Trinajstić information content (AvgIpc) is 3.43. The van der Waals surface area contributed by atoms with E-state index in [2.05, 4.69) is 14.9 Å². The van der Waals surface area contributed by atoms with Crippen molar-refractivity contribution in [2.45, 2.75) is 57.5 Å². The largest absolute Gasteiger partial charge is 0.474 e. The van der Waals surface area contributed by atoms with E-state index >= 15 is 0 Å². The Morgan fingerprint density at radius 3 is 2.40 bits per heavy atom. The summed E-state index contributed by atoms with van der Waals surface area (Å²) in [5.74, 6) is -0.701. The molecule has 2 heterocycles. The summed E-state index contributed by atoms with van der Waals surface area (Å²) in [5.41, 5.74) is -3.35. The monoisotopic (exact) mass is 680 g/mol. The van der Waals surface area contributed by atoms with Crippen LogP contribution in [0.2, 0.25) is 0 Å². The minimum absolute atomic E-state index is 0.0372. The zero-order valence-electron chi connectivity index (χ0n) is 24.1. The minimum Gasteiger partial charge on any atom is -0.474 e. The molecule has 45 heavy (non-hydrogen) atoms. The molecule has 1 aliphatic carbocycles. The number of ether oxygens (including phenoxy) is 1. The quantitative estimate of drug-likeness (QED) is 0.0834. The van der Waals surface area contributed by atoms with Gasteiger partial charge in [-0.1, -0.05) is 35.4 Å². The summed E-state index contributed by atoms with van der Waals surface area (Å²) in [7, 11) is 0. The molecule has 3 unspecified atom stereocenters. The smallest absolute Gasteiger partial charge is 0.416 e. The number of amides is 1. The van der Waals surface area contributed by atoms with E-state index < -0.39 is 41.6 Å². The molecule has 1 aromatic rings. The molecule has 0 N–H and O–H groups in total. The molecule has 7 nitrogen and oxygen atoms in total. The van der Waals surface area contributed by atoms with Crippen molar-refractivity contribution in [1.82, 2.24) is 9.80 Å². The molecule has 4 rings (SSSR count). The van der Waals surface area contributed by atoms with Crippen molar-refractivity contribution < 1.29 is 40.7 Å². The Labute approximate surface area is 267 Å². The van der Waals surface area contributed by atoms with Crippen molar-refractivity contribution in [3.63, 3.8) is 0 Å². The second-order valence-electron chi connectivity index (χ2n) is 11.4. The van der Waals surface area contributed by atoms with Gasteiger partial charge in [-0.05, 0) is 85.9 Å². The first kappa shape index (κ1) is 34.9. The number of hydrogen-bond donors (Lipinski definition) is 0. The first-order valence-electron chi connectivity index (χ1n) is 14.5. The van der Waals surface area contributed by atoms with Gasteiger partial charge in [-0.15, -0.1) is 5.26 Å². The first-order valence-corrected chi connectivity index (χ1v) is 15.3. The zero-order valence-corrected chi connectivity index (χ0v) is 25.7. The maximum absolute atomic E-state index is 13.4. The van der Waals surface area contributed by atoms with Gasteiger partial charge in [0.25, 0.3) is 0 Å². The van der Waals surface area contributed by atoms with Crippen LogP contribution in [-0.4, -0.2) is 54.3 Å². The summed E-state index contributed by atoms with van der Waals surface area (Å²) < 4.78 is 86.3. The van der Waals surface area contributed by atoms with Crippen LogP contribution < -0.4 is 0 Å². The Bertz CT molecular complexity index is 1330. The highest BCUT2D eigenvalue weighted by molar-refractivity contribution is 6.44. The molecule has 2 fully saturated rings. The molecule has 0 saturated carbocycles. The van der Waals surface area contributed by atoms with Gasteiger partial charge >= 0.3 is 18.6 Å². The molecule has 0 radical (unpaired) electrons. The number of nitriles is 1. The van der Waals surface area contributed by atoms with E-state index in [1.807, 2.05) is 4.90 Å². The van der Waals surface area contributed by atoms with Crippen LogP contribution in [0.3, 0.4) is 0 Å². The zero-order chi connectivity index (χ0) is 32.8. The lowest BCUT2D eigenvalue weighted by Crippen LogP contribution is -2.39. The summed E-state index contributed by atoms with van der Waals surface area (Å²) in [6.07, 6.45) is -1.15. The van der Waals surface area contributed by atoms with Crippen LogP contribution in [0.1, 0.15) is 55.2 Å². The number of carbonyl (C=O) groups is 1. The first-order chi connectivity index (χ1) is 21.2. The number of nitrogens with zero attached hydrogens (tertiary/aromatic N) is 4. The van der Waals surface area contributed by atoms with Crippen molar-refractivity contribution in [1.29, 1.82) is 5.26 Å². The maximum Gasteiger partial charge on any atom is 0.416 e. The van der Waals surface area contributed by atoms with E-state index in [4.69, 9.17) is 33.2 Å². The molecule has 0 spiro atoms. The summed E-state index contributed by atoms with van der Waals surface area (Å²) in [5, 5.41) is 13.4. The van der Waals surface area contributed by atoms with Gasteiger partial charge in [-0.3, -0.25) is 9.63 Å². The molecule has 3 atom stereocenters. The Balaban J connectivity index is 1.52. The normalized spacial score (nSPS) is 22.5. The number of carbonyl (C=O) groups excluding carboxylic acids is 1. The van der Waals surface area contributed by atoms with Crippen LogP contribution in [0.15, 0.2) is 45.6 Å². The highest BCUT2D eigenvalue weighted by atomic mass is 35.5. The number of piperidine rings is 1. The maximum atomic E-state index is 13.4. The molecule has 1 amide bonds. The fourth-order valence-electron chi connectivity index (χ4n) is 5.95. The lowest BCUT2D eigenvalue weighted by atomic mass is 9.84. The number of halogens is 8. The highest BCUT2D eigenvalue weighted by Crippen LogP contribution is 2.38. The van der Waals surface area contributed by atoms with Crippen LogP contribution in [0.5, 0.6) is 0 Å². The molecule has 0 aromatic heterocycles. The minimum atomic E-state index is -5.02. The van der Waals surface area contributed by atoms with Crippen molar-refractivity contribution in [3.05, 3.63) is 57.1 Å². The van der Waals surface area contributed by atoms with Gasteiger partial charge in [0.2, 0.25) is 11.8 Å². The fourth-order valence-corrected chi connectivity index (χ4v) is 6.34. The van der Waals surface area contributed by atoms with Crippen LogP contribution >= 0.6 is 23.2 Å². The molecule has 15 heteroatoms. The lowest BCUT2D eigenvalue weighted by molar-refractivity contribution is -0.143. The summed E-state index contributed by atoms with van der Waals surface area (Å²) in [6, 6.07) is 1.18. The van der Waals surface area contributed by atoms with E-state index in [1.165, 1.54) is 6.26 Å². The number of alkyl halides is 6. The topological polar surface area (TPSA) is 78.2 Å².